The standard InChI is InChI=1S/C12H24N2O/c1-10-6-11(7-13)8-14(10)9-12-4-2-3-5-15-12/h10-12H,2-9,13H2,1H3. The number of likely N-dealkylation sites (tertiary alicyclic amines) is 1. The van der Waals surface area contributed by atoms with Crippen LogP contribution in [-0.2, 0) is 4.74 Å². The van der Waals surface area contributed by atoms with Gasteiger partial charge in [0.25, 0.3) is 0 Å². The number of rotatable bonds is 3. The third-order valence-electron chi connectivity index (χ3n) is 3.84. The largest absolute Gasteiger partial charge is 0.377 e. The first-order valence-corrected chi connectivity index (χ1v) is 6.35. The molecule has 0 spiro atoms. The summed E-state index contributed by atoms with van der Waals surface area (Å²) in [6.07, 6.45) is 5.59. The van der Waals surface area contributed by atoms with Crippen molar-refractivity contribution in [2.45, 2.75) is 44.8 Å². The van der Waals surface area contributed by atoms with Gasteiger partial charge in [-0.1, -0.05) is 0 Å². The van der Waals surface area contributed by atoms with Crippen LogP contribution in [0.1, 0.15) is 32.6 Å². The second-order valence-electron chi connectivity index (χ2n) is 5.13. The van der Waals surface area contributed by atoms with E-state index in [0.717, 1.165) is 19.7 Å². The molecule has 2 N–H and O–H groups in total. The third kappa shape index (κ3) is 2.92. The van der Waals surface area contributed by atoms with Gasteiger partial charge in [0.2, 0.25) is 0 Å². The van der Waals surface area contributed by atoms with E-state index in [1.165, 1.54) is 32.2 Å². The van der Waals surface area contributed by atoms with Gasteiger partial charge in [-0.25, -0.2) is 0 Å². The molecule has 0 bridgehead atoms. The lowest BCUT2D eigenvalue weighted by Crippen LogP contribution is -2.38. The van der Waals surface area contributed by atoms with Gasteiger partial charge in [0.05, 0.1) is 6.10 Å². The second kappa shape index (κ2) is 5.28. The summed E-state index contributed by atoms with van der Waals surface area (Å²) in [4.78, 5) is 2.56. The van der Waals surface area contributed by atoms with Gasteiger partial charge in [-0.2, -0.15) is 0 Å². The minimum absolute atomic E-state index is 0.484. The highest BCUT2D eigenvalue weighted by atomic mass is 16.5. The summed E-state index contributed by atoms with van der Waals surface area (Å²) in [6.45, 7) is 6.42. The highest BCUT2D eigenvalue weighted by molar-refractivity contribution is 4.84. The topological polar surface area (TPSA) is 38.5 Å². The molecule has 3 unspecified atom stereocenters. The van der Waals surface area contributed by atoms with Gasteiger partial charge >= 0.3 is 0 Å². The summed E-state index contributed by atoms with van der Waals surface area (Å²) in [5.74, 6) is 0.712. The Labute approximate surface area is 93.0 Å². The van der Waals surface area contributed by atoms with Gasteiger partial charge in [0.1, 0.15) is 0 Å². The SMILES string of the molecule is CC1CC(CN)CN1CC1CCCCO1. The average Bonchev–Trinajstić information content (AvgIpc) is 2.61. The minimum Gasteiger partial charge on any atom is -0.377 e. The van der Waals surface area contributed by atoms with E-state index in [0.29, 0.717) is 18.1 Å². The van der Waals surface area contributed by atoms with Crippen LogP contribution in [0.4, 0.5) is 0 Å². The Morgan fingerprint density at radius 3 is 2.87 bits per heavy atom. The third-order valence-corrected chi connectivity index (χ3v) is 3.84. The summed E-state index contributed by atoms with van der Waals surface area (Å²) >= 11 is 0. The summed E-state index contributed by atoms with van der Waals surface area (Å²) in [6, 6.07) is 0.698. The van der Waals surface area contributed by atoms with Crippen molar-refractivity contribution in [2.75, 3.05) is 26.2 Å². The molecular formula is C12H24N2O. The Morgan fingerprint density at radius 1 is 1.40 bits per heavy atom. The van der Waals surface area contributed by atoms with Gasteiger partial charge in [0.15, 0.2) is 0 Å². The molecule has 88 valence electrons. The molecule has 0 aliphatic carbocycles. The van der Waals surface area contributed by atoms with Crippen molar-refractivity contribution in [3.8, 4) is 0 Å². The fourth-order valence-corrected chi connectivity index (χ4v) is 2.86. The van der Waals surface area contributed by atoms with Crippen LogP contribution in [-0.4, -0.2) is 43.3 Å². The van der Waals surface area contributed by atoms with Gasteiger partial charge in [-0.05, 0) is 45.1 Å². The van der Waals surface area contributed by atoms with Crippen LogP contribution in [0.25, 0.3) is 0 Å². The van der Waals surface area contributed by atoms with Gasteiger partial charge in [-0.15, -0.1) is 0 Å². The van der Waals surface area contributed by atoms with Crippen molar-refractivity contribution < 1.29 is 4.74 Å². The molecule has 2 saturated heterocycles. The van der Waals surface area contributed by atoms with Crippen LogP contribution in [0.2, 0.25) is 0 Å². The van der Waals surface area contributed by atoms with Crippen molar-refractivity contribution in [3.05, 3.63) is 0 Å². The molecule has 2 aliphatic rings. The molecule has 15 heavy (non-hydrogen) atoms. The van der Waals surface area contributed by atoms with Gasteiger partial charge in [-0.3, -0.25) is 4.90 Å². The van der Waals surface area contributed by atoms with E-state index in [2.05, 4.69) is 11.8 Å². The molecule has 0 aromatic carbocycles. The van der Waals surface area contributed by atoms with Crippen LogP contribution in [0.15, 0.2) is 0 Å². The van der Waals surface area contributed by atoms with E-state index < -0.39 is 0 Å². The Balaban J connectivity index is 1.78. The number of nitrogens with zero attached hydrogens (tertiary/aromatic N) is 1. The highest BCUT2D eigenvalue weighted by Crippen LogP contribution is 2.24. The van der Waals surface area contributed by atoms with E-state index in [-0.39, 0.29) is 0 Å². The molecule has 0 radical (unpaired) electrons. The quantitative estimate of drug-likeness (QED) is 0.764. The van der Waals surface area contributed by atoms with Crippen molar-refractivity contribution in [1.29, 1.82) is 0 Å². The maximum absolute atomic E-state index is 5.78. The lowest BCUT2D eigenvalue weighted by Gasteiger charge is -2.29. The highest BCUT2D eigenvalue weighted by Gasteiger charge is 2.30. The minimum atomic E-state index is 0.484. The molecule has 3 heteroatoms. The van der Waals surface area contributed by atoms with E-state index >= 15 is 0 Å². The molecule has 2 fully saturated rings. The molecule has 3 atom stereocenters. The van der Waals surface area contributed by atoms with E-state index in [4.69, 9.17) is 10.5 Å². The zero-order valence-corrected chi connectivity index (χ0v) is 9.82. The van der Waals surface area contributed by atoms with Crippen LogP contribution in [0.5, 0.6) is 0 Å². The first-order chi connectivity index (χ1) is 7.29. The number of hydrogen-bond acceptors (Lipinski definition) is 3. The van der Waals surface area contributed by atoms with E-state index in [1.807, 2.05) is 0 Å². The zero-order chi connectivity index (χ0) is 10.7. The second-order valence-corrected chi connectivity index (χ2v) is 5.13. The predicted molar refractivity (Wildman–Crippen MR) is 61.8 cm³/mol. The molecule has 2 rings (SSSR count). The normalized spacial score (nSPS) is 38.4. The first-order valence-electron chi connectivity index (χ1n) is 6.35. The summed E-state index contributed by atoms with van der Waals surface area (Å²) in [7, 11) is 0. The van der Waals surface area contributed by atoms with Gasteiger partial charge < -0.3 is 10.5 Å². The van der Waals surface area contributed by atoms with Crippen LogP contribution < -0.4 is 5.73 Å². The Hall–Kier alpha value is -0.120. The summed E-state index contributed by atoms with van der Waals surface area (Å²) in [5, 5.41) is 0. The number of hydrogen-bond donors (Lipinski definition) is 1. The zero-order valence-electron chi connectivity index (χ0n) is 9.82. The smallest absolute Gasteiger partial charge is 0.0702 e. The molecule has 0 amide bonds. The van der Waals surface area contributed by atoms with E-state index in [9.17, 15) is 0 Å². The molecule has 2 heterocycles. The fourth-order valence-electron chi connectivity index (χ4n) is 2.86. The monoisotopic (exact) mass is 212 g/mol. The number of ether oxygens (including phenoxy) is 1. The van der Waals surface area contributed by atoms with Gasteiger partial charge in [0, 0.05) is 25.7 Å². The fraction of sp³-hybridized carbons (Fsp3) is 1.00. The Bertz CT molecular complexity index is 192. The molecule has 0 saturated carbocycles. The number of nitrogens with two attached hydrogens (primary N) is 1. The van der Waals surface area contributed by atoms with Crippen molar-refractivity contribution in [2.24, 2.45) is 11.7 Å². The molecule has 0 aromatic rings. The van der Waals surface area contributed by atoms with Crippen LogP contribution in [0.3, 0.4) is 0 Å². The maximum Gasteiger partial charge on any atom is 0.0702 e. The molecule has 3 nitrogen and oxygen atoms in total. The van der Waals surface area contributed by atoms with Crippen molar-refractivity contribution >= 4 is 0 Å². The van der Waals surface area contributed by atoms with Crippen LogP contribution >= 0.6 is 0 Å². The van der Waals surface area contributed by atoms with Crippen LogP contribution in [0, 0.1) is 5.92 Å². The summed E-state index contributed by atoms with van der Waals surface area (Å²) in [5.41, 5.74) is 5.73. The summed E-state index contributed by atoms with van der Waals surface area (Å²) < 4.78 is 5.78. The molecule has 0 aromatic heterocycles. The molecule has 2 aliphatic heterocycles. The Kier molecular flexibility index (Phi) is 4.00. The van der Waals surface area contributed by atoms with Crippen molar-refractivity contribution in [1.82, 2.24) is 4.90 Å². The molecular weight excluding hydrogens is 188 g/mol. The lowest BCUT2D eigenvalue weighted by molar-refractivity contribution is -0.00721. The van der Waals surface area contributed by atoms with E-state index in [1.54, 1.807) is 0 Å². The lowest BCUT2D eigenvalue weighted by atomic mass is 10.1. The first kappa shape index (κ1) is 11.4. The maximum atomic E-state index is 5.78. The predicted octanol–water partition coefficient (Wildman–Crippen LogP) is 1.22. The van der Waals surface area contributed by atoms with Crippen molar-refractivity contribution in [3.63, 3.8) is 0 Å². The Morgan fingerprint density at radius 2 is 2.27 bits per heavy atom. The average molecular weight is 212 g/mol.